The molecule has 114 valence electrons. The maximum absolute atomic E-state index is 11.1. The minimum Gasteiger partial charge on any atom is -0.315 e. The van der Waals surface area contributed by atoms with Crippen LogP contribution < -0.4 is 5.56 Å². The molecule has 0 aliphatic carbocycles. The van der Waals surface area contributed by atoms with Crippen LogP contribution in [-0.2, 0) is 7.05 Å². The van der Waals surface area contributed by atoms with E-state index in [-0.39, 0.29) is 5.56 Å². The highest BCUT2D eigenvalue weighted by Crippen LogP contribution is 2.15. The lowest BCUT2D eigenvalue weighted by molar-refractivity contribution is 0.707. The van der Waals surface area contributed by atoms with Crippen LogP contribution in [0.2, 0.25) is 0 Å². The number of rotatable bonds is 2. The molecule has 0 aromatic carbocycles. The van der Waals surface area contributed by atoms with Gasteiger partial charge in [0.25, 0.3) is 0 Å². The lowest BCUT2D eigenvalue weighted by atomic mass is 10.0. The molecule has 2 aromatic rings. The van der Waals surface area contributed by atoms with E-state index in [1.807, 2.05) is 18.3 Å². The monoisotopic (exact) mass is 286 g/mol. The Bertz CT molecular complexity index is 627. The van der Waals surface area contributed by atoms with Crippen LogP contribution in [0.4, 0.5) is 0 Å². The van der Waals surface area contributed by atoms with Gasteiger partial charge >= 0.3 is 0 Å². The molecule has 0 amide bonds. The Kier molecular flexibility index (Phi) is 6.35. The van der Waals surface area contributed by atoms with Gasteiger partial charge in [-0.2, -0.15) is 0 Å². The first-order valence-corrected chi connectivity index (χ1v) is 7.42. The molecular weight excluding hydrogens is 260 g/mol. The van der Waals surface area contributed by atoms with Gasteiger partial charge < -0.3 is 4.57 Å². The summed E-state index contributed by atoms with van der Waals surface area (Å²) in [5.41, 5.74) is 3.65. The van der Waals surface area contributed by atoms with Gasteiger partial charge in [-0.1, -0.05) is 39.8 Å². The molecule has 0 saturated carbocycles. The fraction of sp³-hybridized carbons (Fsp3) is 0.444. The highest BCUT2D eigenvalue weighted by molar-refractivity contribution is 5.21. The number of aromatic nitrogens is 2. The van der Waals surface area contributed by atoms with Crippen molar-refractivity contribution >= 4 is 0 Å². The van der Waals surface area contributed by atoms with E-state index in [2.05, 4.69) is 45.7 Å². The maximum Gasteiger partial charge on any atom is 0.250 e. The van der Waals surface area contributed by atoms with Crippen LogP contribution in [0.5, 0.6) is 0 Å². The summed E-state index contributed by atoms with van der Waals surface area (Å²) in [6, 6.07) is 9.48. The third kappa shape index (κ3) is 4.85. The van der Waals surface area contributed by atoms with Gasteiger partial charge in [0.05, 0.1) is 0 Å². The fourth-order valence-corrected chi connectivity index (χ4v) is 2.27. The number of nitrogens with zero attached hydrogens (tertiary/aromatic N) is 2. The molecule has 0 aliphatic rings. The van der Waals surface area contributed by atoms with Crippen molar-refractivity contribution in [1.29, 1.82) is 0 Å². The van der Waals surface area contributed by atoms with E-state index in [1.165, 1.54) is 5.56 Å². The van der Waals surface area contributed by atoms with Crippen LogP contribution in [0.1, 0.15) is 56.5 Å². The molecule has 2 aromatic heterocycles. The molecule has 0 unspecified atom stereocenters. The van der Waals surface area contributed by atoms with E-state index in [0.717, 1.165) is 11.4 Å². The van der Waals surface area contributed by atoms with E-state index in [0.29, 0.717) is 11.8 Å². The zero-order valence-electron chi connectivity index (χ0n) is 13.9. The molecule has 0 atom stereocenters. The summed E-state index contributed by atoms with van der Waals surface area (Å²) >= 11 is 0. The van der Waals surface area contributed by atoms with Gasteiger partial charge in [-0.05, 0) is 36.5 Å². The molecule has 0 bridgehead atoms. The van der Waals surface area contributed by atoms with Crippen molar-refractivity contribution < 1.29 is 0 Å². The van der Waals surface area contributed by atoms with Gasteiger partial charge in [0, 0.05) is 30.7 Å². The summed E-state index contributed by atoms with van der Waals surface area (Å²) in [4.78, 5) is 15.3. The van der Waals surface area contributed by atoms with Crippen molar-refractivity contribution in [2.45, 2.75) is 46.5 Å². The Morgan fingerprint density at radius 3 is 2.10 bits per heavy atom. The third-order valence-electron chi connectivity index (χ3n) is 3.49. The van der Waals surface area contributed by atoms with E-state index in [4.69, 9.17) is 0 Å². The van der Waals surface area contributed by atoms with Crippen molar-refractivity contribution in [3.8, 4) is 0 Å². The molecule has 2 rings (SSSR count). The SMILES string of the molecule is CC(C)c1cccc(=O)n1C.Cc1ncccc1C(C)C. The van der Waals surface area contributed by atoms with Crippen LogP contribution in [0.3, 0.4) is 0 Å². The Labute approximate surface area is 127 Å². The van der Waals surface area contributed by atoms with Gasteiger partial charge in [-0.25, -0.2) is 0 Å². The molecule has 0 fully saturated rings. The van der Waals surface area contributed by atoms with Gasteiger partial charge in [-0.3, -0.25) is 9.78 Å². The van der Waals surface area contributed by atoms with Crippen molar-refractivity contribution in [3.63, 3.8) is 0 Å². The maximum atomic E-state index is 11.1. The zero-order valence-corrected chi connectivity index (χ0v) is 13.9. The number of hydrogen-bond donors (Lipinski definition) is 0. The minimum atomic E-state index is 0.0659. The highest BCUT2D eigenvalue weighted by atomic mass is 16.1. The average molecular weight is 286 g/mol. The highest BCUT2D eigenvalue weighted by Gasteiger charge is 2.02. The summed E-state index contributed by atoms with van der Waals surface area (Å²) in [5.74, 6) is 1.00. The first kappa shape index (κ1) is 17.2. The molecule has 0 saturated heterocycles. The minimum absolute atomic E-state index is 0.0659. The Morgan fingerprint density at radius 2 is 1.67 bits per heavy atom. The molecule has 0 aliphatic heterocycles. The zero-order chi connectivity index (χ0) is 16.0. The van der Waals surface area contributed by atoms with Gasteiger partial charge in [0.2, 0.25) is 5.56 Å². The first-order valence-electron chi connectivity index (χ1n) is 7.42. The van der Waals surface area contributed by atoms with Crippen LogP contribution in [-0.4, -0.2) is 9.55 Å². The number of aryl methyl sites for hydroxylation is 1. The van der Waals surface area contributed by atoms with Crippen molar-refractivity contribution in [1.82, 2.24) is 9.55 Å². The predicted octanol–water partition coefficient (Wildman–Crippen LogP) is 4.02. The van der Waals surface area contributed by atoms with Crippen molar-refractivity contribution in [3.05, 3.63) is 63.8 Å². The lowest BCUT2D eigenvalue weighted by Gasteiger charge is -2.09. The first-order chi connectivity index (χ1) is 9.84. The summed E-state index contributed by atoms with van der Waals surface area (Å²) < 4.78 is 1.69. The lowest BCUT2D eigenvalue weighted by Crippen LogP contribution is -2.19. The second kappa shape index (κ2) is 7.77. The quantitative estimate of drug-likeness (QED) is 0.835. The Hall–Kier alpha value is -1.90. The van der Waals surface area contributed by atoms with Gasteiger partial charge in [-0.15, -0.1) is 0 Å². The van der Waals surface area contributed by atoms with E-state index >= 15 is 0 Å². The van der Waals surface area contributed by atoms with Crippen molar-refractivity contribution in [2.24, 2.45) is 7.05 Å². The summed E-state index contributed by atoms with van der Waals surface area (Å²) in [7, 11) is 1.80. The second-order valence-corrected chi connectivity index (χ2v) is 5.84. The fourth-order valence-electron chi connectivity index (χ4n) is 2.27. The van der Waals surface area contributed by atoms with Gasteiger partial charge in [0.15, 0.2) is 0 Å². The third-order valence-corrected chi connectivity index (χ3v) is 3.49. The average Bonchev–Trinajstić information content (AvgIpc) is 2.42. The molecule has 21 heavy (non-hydrogen) atoms. The van der Waals surface area contributed by atoms with Crippen LogP contribution in [0, 0.1) is 6.92 Å². The van der Waals surface area contributed by atoms with Crippen molar-refractivity contribution in [2.75, 3.05) is 0 Å². The predicted molar refractivity (Wildman–Crippen MR) is 88.8 cm³/mol. The smallest absolute Gasteiger partial charge is 0.250 e. The standard InChI is InChI=1S/C9H13NO.C9H13N/c1-7(2)8-5-4-6-9(11)10(8)3;1-7(2)9-5-4-6-10-8(9)3/h4-7H,1-3H3;4-7H,1-3H3. The summed E-state index contributed by atoms with van der Waals surface area (Å²) in [5, 5.41) is 0. The van der Waals surface area contributed by atoms with E-state index < -0.39 is 0 Å². The molecule has 3 nitrogen and oxygen atoms in total. The number of pyridine rings is 2. The largest absolute Gasteiger partial charge is 0.315 e. The second-order valence-electron chi connectivity index (χ2n) is 5.84. The van der Waals surface area contributed by atoms with Crippen LogP contribution in [0.15, 0.2) is 41.3 Å². The van der Waals surface area contributed by atoms with Crippen LogP contribution >= 0.6 is 0 Å². The molecule has 2 heterocycles. The molecule has 0 N–H and O–H groups in total. The number of hydrogen-bond acceptors (Lipinski definition) is 2. The van der Waals surface area contributed by atoms with Crippen LogP contribution in [0.25, 0.3) is 0 Å². The van der Waals surface area contributed by atoms with E-state index in [1.54, 1.807) is 23.7 Å². The van der Waals surface area contributed by atoms with E-state index in [9.17, 15) is 4.79 Å². The molecule has 0 spiro atoms. The molecule has 0 radical (unpaired) electrons. The topological polar surface area (TPSA) is 34.9 Å². The summed E-state index contributed by atoms with van der Waals surface area (Å²) in [6.07, 6.45) is 1.83. The normalized spacial score (nSPS) is 10.5. The summed E-state index contributed by atoms with van der Waals surface area (Å²) in [6.45, 7) is 10.6. The van der Waals surface area contributed by atoms with Gasteiger partial charge in [0.1, 0.15) is 0 Å². The molecular formula is C18H26N2O. The Balaban J connectivity index is 0.000000211. The Morgan fingerprint density at radius 1 is 1.00 bits per heavy atom. The molecule has 3 heteroatoms.